The molecule has 2 heterocycles. The Morgan fingerprint density at radius 1 is 1.23 bits per heavy atom. The van der Waals surface area contributed by atoms with Gasteiger partial charge < -0.3 is 5.32 Å². The number of nitrogens with one attached hydrogen (secondary N) is 1. The SMILES string of the molecule is O=S(=O)(O)c1cnn2c(Nc3cc(F)ccc3F)ccnc12. The largest absolute Gasteiger partial charge is 0.338 e. The van der Waals surface area contributed by atoms with Gasteiger partial charge in [-0.1, -0.05) is 0 Å². The molecule has 0 bridgehead atoms. The maximum absolute atomic E-state index is 13.6. The maximum atomic E-state index is 13.6. The molecule has 0 saturated heterocycles. The van der Waals surface area contributed by atoms with Gasteiger partial charge in [0, 0.05) is 12.3 Å². The molecule has 0 aliphatic heterocycles. The fourth-order valence-electron chi connectivity index (χ4n) is 1.88. The lowest BCUT2D eigenvalue weighted by Crippen LogP contribution is -2.04. The Labute approximate surface area is 123 Å². The van der Waals surface area contributed by atoms with Crippen molar-refractivity contribution < 1.29 is 21.8 Å². The first-order valence-corrected chi connectivity index (χ1v) is 7.32. The molecule has 3 aromatic rings. The van der Waals surface area contributed by atoms with Crippen LogP contribution in [0.15, 0.2) is 41.6 Å². The van der Waals surface area contributed by atoms with E-state index in [1.165, 1.54) is 12.3 Å². The van der Waals surface area contributed by atoms with E-state index in [9.17, 15) is 17.2 Å². The van der Waals surface area contributed by atoms with Gasteiger partial charge in [0.05, 0.1) is 11.9 Å². The van der Waals surface area contributed by atoms with E-state index in [2.05, 4.69) is 15.4 Å². The summed E-state index contributed by atoms with van der Waals surface area (Å²) in [6.07, 6.45) is 2.15. The van der Waals surface area contributed by atoms with Gasteiger partial charge in [0.15, 0.2) is 10.5 Å². The summed E-state index contributed by atoms with van der Waals surface area (Å²) in [6.45, 7) is 0. The quantitative estimate of drug-likeness (QED) is 0.715. The van der Waals surface area contributed by atoms with Crippen LogP contribution < -0.4 is 5.32 Å². The van der Waals surface area contributed by atoms with E-state index in [0.717, 1.165) is 28.9 Å². The van der Waals surface area contributed by atoms with Crippen LogP contribution in [-0.4, -0.2) is 27.6 Å². The average molecular weight is 326 g/mol. The number of hydrogen-bond acceptors (Lipinski definition) is 5. The molecule has 114 valence electrons. The van der Waals surface area contributed by atoms with Crippen molar-refractivity contribution in [1.29, 1.82) is 0 Å². The van der Waals surface area contributed by atoms with Crippen molar-refractivity contribution >= 4 is 27.3 Å². The molecule has 2 aromatic heterocycles. The zero-order chi connectivity index (χ0) is 15.9. The van der Waals surface area contributed by atoms with Crippen LogP contribution >= 0.6 is 0 Å². The van der Waals surface area contributed by atoms with Crippen molar-refractivity contribution in [3.63, 3.8) is 0 Å². The maximum Gasteiger partial charge on any atom is 0.299 e. The molecule has 0 aliphatic rings. The fraction of sp³-hybridized carbons (Fsp3) is 0. The van der Waals surface area contributed by atoms with Crippen molar-refractivity contribution in [1.82, 2.24) is 14.6 Å². The zero-order valence-corrected chi connectivity index (χ0v) is 11.6. The van der Waals surface area contributed by atoms with Crippen LogP contribution in [0.25, 0.3) is 5.65 Å². The number of nitrogens with zero attached hydrogens (tertiary/aromatic N) is 3. The van der Waals surface area contributed by atoms with Crippen LogP contribution in [0, 0.1) is 11.6 Å². The average Bonchev–Trinajstić information content (AvgIpc) is 2.88. The zero-order valence-electron chi connectivity index (χ0n) is 10.7. The highest BCUT2D eigenvalue weighted by Crippen LogP contribution is 2.23. The van der Waals surface area contributed by atoms with Gasteiger partial charge >= 0.3 is 0 Å². The molecular formula is C12H8F2N4O3S. The number of benzene rings is 1. The van der Waals surface area contributed by atoms with Crippen LogP contribution in [0.4, 0.5) is 20.3 Å². The third-order valence-corrected chi connectivity index (χ3v) is 3.68. The van der Waals surface area contributed by atoms with Gasteiger partial charge in [-0.15, -0.1) is 0 Å². The molecule has 0 aliphatic carbocycles. The third-order valence-electron chi connectivity index (χ3n) is 2.84. The Kier molecular flexibility index (Phi) is 3.26. The minimum Gasteiger partial charge on any atom is -0.338 e. The van der Waals surface area contributed by atoms with E-state index in [1.54, 1.807) is 0 Å². The highest BCUT2D eigenvalue weighted by Gasteiger charge is 2.19. The third kappa shape index (κ3) is 2.49. The second kappa shape index (κ2) is 5.00. The van der Waals surface area contributed by atoms with E-state index < -0.39 is 26.6 Å². The number of aromatic nitrogens is 3. The Balaban J connectivity index is 2.13. The molecule has 2 N–H and O–H groups in total. The first-order valence-electron chi connectivity index (χ1n) is 5.88. The summed E-state index contributed by atoms with van der Waals surface area (Å²) in [7, 11) is -4.50. The van der Waals surface area contributed by atoms with Crippen molar-refractivity contribution in [3.05, 3.63) is 48.3 Å². The lowest BCUT2D eigenvalue weighted by molar-refractivity contribution is 0.484. The summed E-state index contributed by atoms with van der Waals surface area (Å²) in [6, 6.07) is 4.24. The second-order valence-electron chi connectivity index (χ2n) is 4.30. The minimum atomic E-state index is -4.50. The Hall–Kier alpha value is -2.59. The predicted octanol–water partition coefficient (Wildman–Crippen LogP) is 2.00. The van der Waals surface area contributed by atoms with Crippen LogP contribution in [0.5, 0.6) is 0 Å². The normalized spacial score (nSPS) is 11.8. The van der Waals surface area contributed by atoms with Crippen molar-refractivity contribution in [2.75, 3.05) is 5.32 Å². The van der Waals surface area contributed by atoms with E-state index in [1.807, 2.05) is 0 Å². The van der Waals surface area contributed by atoms with Crippen molar-refractivity contribution in [2.24, 2.45) is 0 Å². The standard InChI is InChI=1S/C12H8F2N4O3S/c13-7-1-2-8(14)9(5-7)17-11-3-4-15-12-10(22(19,20)21)6-16-18(11)12/h1-6,17H,(H,19,20,21). The Morgan fingerprint density at radius 3 is 2.73 bits per heavy atom. The fourth-order valence-corrected chi connectivity index (χ4v) is 2.43. The molecule has 0 unspecified atom stereocenters. The lowest BCUT2D eigenvalue weighted by Gasteiger charge is -2.09. The van der Waals surface area contributed by atoms with Gasteiger partial charge in [0.1, 0.15) is 17.5 Å². The number of anilines is 2. The highest BCUT2D eigenvalue weighted by atomic mass is 32.2. The van der Waals surface area contributed by atoms with Gasteiger partial charge in [-0.2, -0.15) is 18.0 Å². The minimum absolute atomic E-state index is 0.143. The number of rotatable bonds is 3. The molecule has 1 aromatic carbocycles. The number of hydrogen-bond donors (Lipinski definition) is 2. The molecule has 22 heavy (non-hydrogen) atoms. The lowest BCUT2D eigenvalue weighted by atomic mass is 10.3. The monoisotopic (exact) mass is 326 g/mol. The van der Waals surface area contributed by atoms with Gasteiger partial charge in [0.2, 0.25) is 0 Å². The first-order chi connectivity index (χ1) is 10.4. The topological polar surface area (TPSA) is 96.6 Å². The molecule has 7 nitrogen and oxygen atoms in total. The molecule has 0 fully saturated rings. The summed E-state index contributed by atoms with van der Waals surface area (Å²) >= 11 is 0. The Morgan fingerprint density at radius 2 is 2.00 bits per heavy atom. The van der Waals surface area contributed by atoms with Crippen LogP contribution in [0.3, 0.4) is 0 Å². The first kappa shape index (κ1) is 14.4. The number of halogens is 2. The summed E-state index contributed by atoms with van der Waals surface area (Å²) in [5, 5.41) is 6.36. The van der Waals surface area contributed by atoms with Gasteiger partial charge in [-0.05, 0) is 18.2 Å². The van der Waals surface area contributed by atoms with Gasteiger partial charge in [-0.3, -0.25) is 4.55 Å². The molecule has 0 radical (unpaired) electrons. The van der Waals surface area contributed by atoms with E-state index in [4.69, 9.17) is 4.55 Å². The van der Waals surface area contributed by atoms with Crippen molar-refractivity contribution in [3.8, 4) is 0 Å². The van der Waals surface area contributed by atoms with Crippen LogP contribution in [-0.2, 0) is 10.1 Å². The van der Waals surface area contributed by atoms with E-state index in [-0.39, 0.29) is 17.2 Å². The summed E-state index contributed by atoms with van der Waals surface area (Å²) in [4.78, 5) is 3.31. The predicted molar refractivity (Wildman–Crippen MR) is 72.4 cm³/mol. The Bertz CT molecular complexity index is 972. The number of fused-ring (bicyclic) bond motifs is 1. The smallest absolute Gasteiger partial charge is 0.299 e. The van der Waals surface area contributed by atoms with E-state index in [0.29, 0.717) is 0 Å². The van der Waals surface area contributed by atoms with Gasteiger partial charge in [-0.25, -0.2) is 13.8 Å². The molecule has 0 amide bonds. The van der Waals surface area contributed by atoms with E-state index >= 15 is 0 Å². The molecule has 0 spiro atoms. The highest BCUT2D eigenvalue weighted by molar-refractivity contribution is 7.86. The molecule has 3 rings (SSSR count). The molecule has 0 saturated carbocycles. The second-order valence-corrected chi connectivity index (χ2v) is 5.69. The molecule has 0 atom stereocenters. The summed E-state index contributed by atoms with van der Waals surface area (Å²) < 4.78 is 59.4. The summed E-state index contributed by atoms with van der Waals surface area (Å²) in [5.41, 5.74) is -0.305. The van der Waals surface area contributed by atoms with Crippen molar-refractivity contribution in [2.45, 2.75) is 4.90 Å². The van der Waals surface area contributed by atoms with Crippen LogP contribution in [0.2, 0.25) is 0 Å². The molecular weight excluding hydrogens is 318 g/mol. The van der Waals surface area contributed by atoms with Crippen LogP contribution in [0.1, 0.15) is 0 Å². The van der Waals surface area contributed by atoms with Gasteiger partial charge in [0.25, 0.3) is 10.1 Å². The summed E-state index contributed by atoms with van der Waals surface area (Å²) in [5.74, 6) is -1.20. The molecule has 10 heteroatoms.